The fourth-order valence-corrected chi connectivity index (χ4v) is 2.97. The van der Waals surface area contributed by atoms with Crippen molar-refractivity contribution in [2.75, 3.05) is 13.6 Å². The molecule has 2 N–H and O–H groups in total. The summed E-state index contributed by atoms with van der Waals surface area (Å²) in [7, 11) is 1.80. The Morgan fingerprint density at radius 1 is 1.04 bits per heavy atom. The van der Waals surface area contributed by atoms with Crippen LogP contribution in [0, 0.1) is 13.8 Å². The zero-order valence-electron chi connectivity index (χ0n) is 15.5. The van der Waals surface area contributed by atoms with Gasteiger partial charge in [0.1, 0.15) is 5.82 Å². The van der Waals surface area contributed by atoms with E-state index in [1.54, 1.807) is 7.05 Å². The highest BCUT2D eigenvalue weighted by Crippen LogP contribution is 2.14. The molecule has 0 bridgehead atoms. The second-order valence-corrected chi connectivity index (χ2v) is 6.08. The number of hydrogen-bond donors (Lipinski definition) is 2. The Kier molecular flexibility index (Phi) is 7.44. The number of aryl methyl sites for hydroxylation is 2. The number of imidazole rings is 1. The Bertz CT molecular complexity index is 885. The lowest BCUT2D eigenvalue weighted by molar-refractivity contribution is 0.660. The molecule has 2 aromatic carbocycles. The van der Waals surface area contributed by atoms with E-state index in [0.29, 0.717) is 0 Å². The van der Waals surface area contributed by atoms with Gasteiger partial charge < -0.3 is 15.2 Å². The van der Waals surface area contributed by atoms with Gasteiger partial charge in [0.15, 0.2) is 5.96 Å². The monoisotopic (exact) mass is 463 g/mol. The number of rotatable bonds is 5. The second kappa shape index (κ2) is 9.56. The molecular weight excluding hydrogens is 437 g/mol. The van der Waals surface area contributed by atoms with Crippen molar-refractivity contribution in [1.82, 2.24) is 20.2 Å². The molecule has 5 nitrogen and oxygen atoms in total. The summed E-state index contributed by atoms with van der Waals surface area (Å²) in [6, 6.07) is 16.6. The molecule has 0 atom stereocenters. The highest BCUT2D eigenvalue weighted by atomic mass is 127. The average Bonchev–Trinajstić information content (AvgIpc) is 2.94. The van der Waals surface area contributed by atoms with Crippen LogP contribution in [0.4, 0.5) is 0 Å². The van der Waals surface area contributed by atoms with E-state index in [2.05, 4.69) is 74.6 Å². The molecule has 0 aliphatic rings. The number of nitrogens with one attached hydrogen (secondary N) is 2. The van der Waals surface area contributed by atoms with Crippen LogP contribution in [0.1, 0.15) is 17.0 Å². The Morgan fingerprint density at radius 2 is 1.77 bits per heavy atom. The van der Waals surface area contributed by atoms with Crippen LogP contribution >= 0.6 is 24.0 Å². The number of benzene rings is 2. The van der Waals surface area contributed by atoms with Gasteiger partial charge in [0.2, 0.25) is 0 Å². The first-order valence-corrected chi connectivity index (χ1v) is 8.60. The summed E-state index contributed by atoms with van der Waals surface area (Å²) < 4.78 is 2.23. The van der Waals surface area contributed by atoms with E-state index in [-0.39, 0.29) is 24.0 Å². The van der Waals surface area contributed by atoms with Crippen molar-refractivity contribution in [3.8, 4) is 0 Å². The SMILES string of the molecule is CN=C(NCCn1c(C)nc2ccccc21)NCc1ccccc1C.I. The van der Waals surface area contributed by atoms with Gasteiger partial charge in [-0.2, -0.15) is 0 Å². The molecule has 0 saturated carbocycles. The van der Waals surface area contributed by atoms with Gasteiger partial charge in [0.05, 0.1) is 11.0 Å². The average molecular weight is 463 g/mol. The van der Waals surface area contributed by atoms with Crippen LogP contribution in [-0.2, 0) is 13.1 Å². The number of aliphatic imine (C=N–C) groups is 1. The van der Waals surface area contributed by atoms with Gasteiger partial charge in [-0.15, -0.1) is 24.0 Å². The van der Waals surface area contributed by atoms with Crippen molar-refractivity contribution in [2.45, 2.75) is 26.9 Å². The molecule has 6 heteroatoms. The zero-order valence-corrected chi connectivity index (χ0v) is 17.8. The number of nitrogens with zero attached hydrogens (tertiary/aromatic N) is 3. The second-order valence-electron chi connectivity index (χ2n) is 6.08. The molecule has 1 heterocycles. The van der Waals surface area contributed by atoms with Gasteiger partial charge in [-0.05, 0) is 37.1 Å². The van der Waals surface area contributed by atoms with Crippen LogP contribution in [-0.4, -0.2) is 29.1 Å². The highest BCUT2D eigenvalue weighted by Gasteiger charge is 2.06. The Balaban J connectivity index is 0.00000243. The predicted octanol–water partition coefficient (Wildman–Crippen LogP) is 3.64. The quantitative estimate of drug-likeness (QED) is 0.345. The maximum absolute atomic E-state index is 4.61. The standard InChI is InChI=1S/C20H25N5.HI/c1-15-8-4-5-9-17(15)14-23-20(21-3)22-12-13-25-16(2)24-18-10-6-7-11-19(18)25;/h4-11H,12-14H2,1-3H3,(H2,21,22,23);1H. The van der Waals surface area contributed by atoms with Crippen LogP contribution in [0.25, 0.3) is 11.0 Å². The molecule has 3 aromatic rings. The molecule has 0 spiro atoms. The molecule has 0 saturated heterocycles. The number of fused-ring (bicyclic) bond motifs is 1. The fourth-order valence-electron chi connectivity index (χ4n) is 2.97. The van der Waals surface area contributed by atoms with E-state index in [9.17, 15) is 0 Å². The number of halogens is 1. The summed E-state index contributed by atoms with van der Waals surface area (Å²) >= 11 is 0. The maximum Gasteiger partial charge on any atom is 0.191 e. The summed E-state index contributed by atoms with van der Waals surface area (Å²) in [5.41, 5.74) is 4.78. The first-order chi connectivity index (χ1) is 12.2. The molecule has 0 radical (unpaired) electrons. The molecule has 0 aliphatic carbocycles. The van der Waals surface area contributed by atoms with E-state index in [0.717, 1.165) is 36.9 Å². The van der Waals surface area contributed by atoms with Crippen molar-refractivity contribution in [3.63, 3.8) is 0 Å². The van der Waals surface area contributed by atoms with Gasteiger partial charge >= 0.3 is 0 Å². The van der Waals surface area contributed by atoms with E-state index in [1.165, 1.54) is 16.6 Å². The number of aromatic nitrogens is 2. The topological polar surface area (TPSA) is 54.2 Å². The molecular formula is C20H26IN5. The predicted molar refractivity (Wildman–Crippen MR) is 119 cm³/mol. The van der Waals surface area contributed by atoms with E-state index in [4.69, 9.17) is 0 Å². The summed E-state index contributed by atoms with van der Waals surface area (Å²) in [6.07, 6.45) is 0. The molecule has 0 unspecified atom stereocenters. The summed E-state index contributed by atoms with van der Waals surface area (Å²) in [6.45, 7) is 6.57. The lowest BCUT2D eigenvalue weighted by atomic mass is 10.1. The minimum Gasteiger partial charge on any atom is -0.355 e. The van der Waals surface area contributed by atoms with Gasteiger partial charge in [-0.1, -0.05) is 36.4 Å². The summed E-state index contributed by atoms with van der Waals surface area (Å²) in [4.78, 5) is 8.91. The van der Waals surface area contributed by atoms with Crippen LogP contribution in [0.3, 0.4) is 0 Å². The smallest absolute Gasteiger partial charge is 0.191 e. The van der Waals surface area contributed by atoms with E-state index in [1.807, 2.05) is 13.0 Å². The minimum atomic E-state index is 0. The van der Waals surface area contributed by atoms with Crippen molar-refractivity contribution in [1.29, 1.82) is 0 Å². The molecule has 0 aliphatic heterocycles. The van der Waals surface area contributed by atoms with E-state index >= 15 is 0 Å². The fraction of sp³-hybridized carbons (Fsp3) is 0.300. The van der Waals surface area contributed by atoms with Crippen LogP contribution in [0.5, 0.6) is 0 Å². The van der Waals surface area contributed by atoms with Gasteiger partial charge in [-0.3, -0.25) is 4.99 Å². The lowest BCUT2D eigenvalue weighted by Crippen LogP contribution is -2.38. The third-order valence-corrected chi connectivity index (χ3v) is 4.40. The minimum absolute atomic E-state index is 0. The Hall–Kier alpha value is -2.09. The first-order valence-electron chi connectivity index (χ1n) is 8.60. The van der Waals surface area contributed by atoms with Crippen molar-refractivity contribution < 1.29 is 0 Å². The number of guanidine groups is 1. The van der Waals surface area contributed by atoms with E-state index < -0.39 is 0 Å². The molecule has 26 heavy (non-hydrogen) atoms. The number of hydrogen-bond acceptors (Lipinski definition) is 2. The Morgan fingerprint density at radius 3 is 2.54 bits per heavy atom. The van der Waals surface area contributed by atoms with Crippen molar-refractivity contribution in [3.05, 3.63) is 65.5 Å². The highest BCUT2D eigenvalue weighted by molar-refractivity contribution is 14.0. The number of para-hydroxylation sites is 2. The molecule has 1 aromatic heterocycles. The van der Waals surface area contributed by atoms with Gasteiger partial charge in [0.25, 0.3) is 0 Å². The molecule has 0 fully saturated rings. The summed E-state index contributed by atoms with van der Waals surface area (Å²) in [5, 5.41) is 6.75. The molecule has 3 rings (SSSR count). The van der Waals surface area contributed by atoms with Crippen molar-refractivity contribution >= 4 is 41.0 Å². The molecule has 0 amide bonds. The van der Waals surface area contributed by atoms with Crippen LogP contribution in [0.15, 0.2) is 53.5 Å². The van der Waals surface area contributed by atoms with Crippen LogP contribution < -0.4 is 10.6 Å². The normalized spacial score (nSPS) is 11.3. The largest absolute Gasteiger partial charge is 0.355 e. The van der Waals surface area contributed by atoms with Crippen molar-refractivity contribution in [2.24, 2.45) is 4.99 Å². The summed E-state index contributed by atoms with van der Waals surface area (Å²) in [5.74, 6) is 1.84. The Labute approximate surface area is 172 Å². The zero-order chi connectivity index (χ0) is 17.6. The van der Waals surface area contributed by atoms with Gasteiger partial charge in [-0.25, -0.2) is 4.98 Å². The maximum atomic E-state index is 4.61. The lowest BCUT2D eigenvalue weighted by Gasteiger charge is -2.14. The molecule has 138 valence electrons. The van der Waals surface area contributed by atoms with Gasteiger partial charge in [0, 0.05) is 26.7 Å². The third kappa shape index (κ3) is 4.75. The van der Waals surface area contributed by atoms with Crippen LogP contribution in [0.2, 0.25) is 0 Å². The third-order valence-electron chi connectivity index (χ3n) is 4.40. The first kappa shape index (κ1) is 20.2.